The molecule has 0 unspecified atom stereocenters. The molecule has 3 nitrogen and oxygen atoms in total. The van der Waals surface area contributed by atoms with E-state index >= 15 is 0 Å². The van der Waals surface area contributed by atoms with Crippen molar-refractivity contribution in [3.05, 3.63) is 28.8 Å². The molecule has 0 N–H and O–H groups in total. The summed E-state index contributed by atoms with van der Waals surface area (Å²) >= 11 is 5.32. The van der Waals surface area contributed by atoms with Crippen LogP contribution in [0.1, 0.15) is 26.3 Å². The predicted molar refractivity (Wildman–Crippen MR) is 53.3 cm³/mol. The molecule has 0 heterocycles. The van der Waals surface area contributed by atoms with Crippen LogP contribution in [0.5, 0.6) is 5.75 Å². The molecule has 74 valence electrons. The summed E-state index contributed by atoms with van der Waals surface area (Å²) < 4.78 is 5.01. The quantitative estimate of drug-likeness (QED) is 0.570. The summed E-state index contributed by atoms with van der Waals surface area (Å²) in [6, 6.07) is 3.04. The molecule has 1 aromatic rings. The number of halogens is 1. The van der Waals surface area contributed by atoms with Crippen LogP contribution in [0.25, 0.3) is 0 Å². The van der Waals surface area contributed by atoms with E-state index in [0.717, 1.165) is 5.56 Å². The lowest BCUT2D eigenvalue weighted by atomic mass is 10.1. The number of aldehydes is 1. The van der Waals surface area contributed by atoms with E-state index < -0.39 is 5.24 Å². The molecule has 0 aliphatic carbocycles. The number of rotatable bonds is 3. The first-order chi connectivity index (χ1) is 6.60. The molecule has 0 spiro atoms. The topological polar surface area (TPSA) is 43.4 Å². The van der Waals surface area contributed by atoms with Crippen molar-refractivity contribution in [1.29, 1.82) is 0 Å². The van der Waals surface area contributed by atoms with Crippen molar-refractivity contribution in [2.75, 3.05) is 7.11 Å². The van der Waals surface area contributed by atoms with E-state index in [1.807, 2.05) is 0 Å². The Morgan fingerprint density at radius 3 is 2.57 bits per heavy atom. The Labute approximate surface area is 86.6 Å². The molecule has 0 aliphatic heterocycles. The molecule has 1 aromatic carbocycles. The first-order valence-corrected chi connectivity index (χ1v) is 4.31. The van der Waals surface area contributed by atoms with Gasteiger partial charge in [0.1, 0.15) is 5.75 Å². The van der Waals surface area contributed by atoms with Crippen molar-refractivity contribution in [2.45, 2.75) is 6.92 Å². The summed E-state index contributed by atoms with van der Waals surface area (Å²) in [5.74, 6) is 0.564. The van der Waals surface area contributed by atoms with E-state index in [-0.39, 0.29) is 11.1 Å². The number of methoxy groups -OCH3 is 1. The Kier molecular flexibility index (Phi) is 3.25. The third kappa shape index (κ3) is 1.93. The fourth-order valence-electron chi connectivity index (χ4n) is 1.19. The maximum Gasteiger partial charge on any atom is 0.253 e. The highest BCUT2D eigenvalue weighted by Crippen LogP contribution is 2.22. The Bertz CT molecular complexity index is 385. The van der Waals surface area contributed by atoms with Gasteiger partial charge in [0.15, 0.2) is 6.29 Å². The van der Waals surface area contributed by atoms with E-state index in [9.17, 15) is 9.59 Å². The van der Waals surface area contributed by atoms with Gasteiger partial charge in [-0.3, -0.25) is 9.59 Å². The van der Waals surface area contributed by atoms with Crippen LogP contribution < -0.4 is 4.74 Å². The minimum absolute atomic E-state index is 0.208. The van der Waals surface area contributed by atoms with E-state index in [1.54, 1.807) is 6.92 Å². The predicted octanol–water partition coefficient (Wildman–Crippen LogP) is 2.20. The van der Waals surface area contributed by atoms with Gasteiger partial charge in [-0.15, -0.1) is 0 Å². The molecule has 0 fully saturated rings. The van der Waals surface area contributed by atoms with Gasteiger partial charge in [-0.1, -0.05) is 0 Å². The Hall–Kier alpha value is -1.35. The molecule has 0 aromatic heterocycles. The highest BCUT2D eigenvalue weighted by Gasteiger charge is 2.11. The number of ether oxygens (including phenoxy) is 1. The monoisotopic (exact) mass is 212 g/mol. The molecule has 0 saturated carbocycles. The Morgan fingerprint density at radius 2 is 2.14 bits per heavy atom. The maximum absolute atomic E-state index is 10.9. The molecule has 14 heavy (non-hydrogen) atoms. The molecular weight excluding hydrogens is 204 g/mol. The first kappa shape index (κ1) is 10.7. The van der Waals surface area contributed by atoms with Crippen molar-refractivity contribution >= 4 is 23.1 Å². The fourth-order valence-corrected chi connectivity index (χ4v) is 1.36. The molecule has 0 saturated heterocycles. The summed E-state index contributed by atoms with van der Waals surface area (Å²) in [5, 5.41) is -0.641. The van der Waals surface area contributed by atoms with Crippen LogP contribution in [-0.2, 0) is 0 Å². The van der Waals surface area contributed by atoms with Crippen LogP contribution in [0, 0.1) is 6.92 Å². The van der Waals surface area contributed by atoms with Crippen LogP contribution in [0.2, 0.25) is 0 Å². The van der Waals surface area contributed by atoms with Gasteiger partial charge in [0, 0.05) is 11.1 Å². The number of benzene rings is 1. The van der Waals surface area contributed by atoms with Crippen LogP contribution in [0.4, 0.5) is 0 Å². The van der Waals surface area contributed by atoms with Crippen molar-refractivity contribution in [3.63, 3.8) is 0 Å². The van der Waals surface area contributed by atoms with Crippen LogP contribution in [0.3, 0.4) is 0 Å². The van der Waals surface area contributed by atoms with E-state index in [1.165, 1.54) is 19.2 Å². The number of carbonyl (C=O) groups is 2. The van der Waals surface area contributed by atoms with E-state index in [4.69, 9.17) is 16.3 Å². The normalized spacial score (nSPS) is 9.64. The van der Waals surface area contributed by atoms with E-state index in [2.05, 4.69) is 0 Å². The fraction of sp³-hybridized carbons (Fsp3) is 0.200. The zero-order chi connectivity index (χ0) is 10.7. The number of hydrogen-bond acceptors (Lipinski definition) is 3. The standard InChI is InChI=1S/C10H9ClO3/c1-6-3-8(10(11)13)7(5-12)4-9(6)14-2/h3-5H,1-2H3. The van der Waals surface area contributed by atoms with Crippen molar-refractivity contribution in [2.24, 2.45) is 0 Å². The molecular formula is C10H9ClO3. The lowest BCUT2D eigenvalue weighted by molar-refractivity contribution is 0.106. The lowest BCUT2D eigenvalue weighted by Crippen LogP contribution is -1.99. The summed E-state index contributed by atoms with van der Waals surface area (Å²) in [7, 11) is 1.50. The SMILES string of the molecule is COc1cc(C=O)c(C(=O)Cl)cc1C. The van der Waals surface area contributed by atoms with E-state index in [0.29, 0.717) is 12.0 Å². The Morgan fingerprint density at radius 1 is 1.50 bits per heavy atom. The molecule has 0 radical (unpaired) electrons. The smallest absolute Gasteiger partial charge is 0.253 e. The Balaban J connectivity index is 3.38. The second-order valence-corrected chi connectivity index (χ2v) is 3.14. The highest BCUT2D eigenvalue weighted by molar-refractivity contribution is 6.68. The molecule has 4 heteroatoms. The molecule has 1 rings (SSSR count). The second kappa shape index (κ2) is 4.24. The lowest BCUT2D eigenvalue weighted by Gasteiger charge is -2.07. The van der Waals surface area contributed by atoms with Gasteiger partial charge >= 0.3 is 0 Å². The zero-order valence-electron chi connectivity index (χ0n) is 7.83. The van der Waals surface area contributed by atoms with Gasteiger partial charge < -0.3 is 4.74 Å². The minimum atomic E-state index is -0.641. The molecule has 0 aliphatic rings. The van der Waals surface area contributed by atoms with Gasteiger partial charge in [0.05, 0.1) is 7.11 Å². The van der Waals surface area contributed by atoms with Gasteiger partial charge in [-0.25, -0.2) is 0 Å². The van der Waals surface area contributed by atoms with Crippen molar-refractivity contribution in [1.82, 2.24) is 0 Å². The number of hydrogen-bond donors (Lipinski definition) is 0. The summed E-state index contributed by atoms with van der Waals surface area (Å²) in [4.78, 5) is 21.6. The summed E-state index contributed by atoms with van der Waals surface area (Å²) in [6.45, 7) is 1.77. The third-order valence-electron chi connectivity index (χ3n) is 1.91. The van der Waals surface area contributed by atoms with Gasteiger partial charge in [-0.2, -0.15) is 0 Å². The minimum Gasteiger partial charge on any atom is -0.496 e. The number of aryl methyl sites for hydroxylation is 1. The van der Waals surface area contributed by atoms with Crippen LogP contribution in [-0.4, -0.2) is 18.6 Å². The molecule has 0 amide bonds. The number of carbonyl (C=O) groups excluding carboxylic acids is 2. The van der Waals surface area contributed by atoms with Crippen LogP contribution >= 0.6 is 11.6 Å². The summed E-state index contributed by atoms with van der Waals surface area (Å²) in [6.07, 6.45) is 0.581. The average Bonchev–Trinajstić information content (AvgIpc) is 2.17. The van der Waals surface area contributed by atoms with Crippen molar-refractivity contribution in [3.8, 4) is 5.75 Å². The second-order valence-electron chi connectivity index (χ2n) is 2.80. The zero-order valence-corrected chi connectivity index (χ0v) is 8.59. The van der Waals surface area contributed by atoms with Crippen molar-refractivity contribution < 1.29 is 14.3 Å². The van der Waals surface area contributed by atoms with Crippen LogP contribution in [0.15, 0.2) is 12.1 Å². The molecule has 0 atom stereocenters. The maximum atomic E-state index is 10.9. The van der Waals surface area contributed by atoms with Gasteiger partial charge in [0.2, 0.25) is 0 Å². The molecule has 0 bridgehead atoms. The third-order valence-corrected chi connectivity index (χ3v) is 2.11. The van der Waals surface area contributed by atoms with Gasteiger partial charge in [-0.05, 0) is 36.2 Å². The largest absolute Gasteiger partial charge is 0.496 e. The van der Waals surface area contributed by atoms with Gasteiger partial charge in [0.25, 0.3) is 5.24 Å². The summed E-state index contributed by atoms with van der Waals surface area (Å²) in [5.41, 5.74) is 1.22. The average molecular weight is 213 g/mol. The first-order valence-electron chi connectivity index (χ1n) is 3.93. The highest BCUT2D eigenvalue weighted by atomic mass is 35.5.